The normalized spacial score (nSPS) is 11.0. The molecule has 4 nitrogen and oxygen atoms in total. The third kappa shape index (κ3) is 2.52. The Morgan fingerprint density at radius 1 is 1.21 bits per heavy atom. The molecule has 0 spiro atoms. The molecule has 1 heterocycles. The van der Waals surface area contributed by atoms with Crippen molar-refractivity contribution in [3.05, 3.63) is 41.2 Å². The fourth-order valence-corrected chi connectivity index (χ4v) is 2.24. The van der Waals surface area contributed by atoms with Crippen LogP contribution in [-0.2, 0) is 0 Å². The lowest BCUT2D eigenvalue weighted by Gasteiger charge is -2.08. The summed E-state index contributed by atoms with van der Waals surface area (Å²) in [5.74, 6) is -0.876. The Hall–Kier alpha value is -2.10. The van der Waals surface area contributed by atoms with Gasteiger partial charge in [0, 0.05) is 17.8 Å². The van der Waals surface area contributed by atoms with E-state index >= 15 is 0 Å². The molecule has 0 fully saturated rings. The lowest BCUT2D eigenvalue weighted by Crippen LogP contribution is -2.03. The molecular formula is C15H18N2O2. The minimum Gasteiger partial charge on any atom is -0.478 e. The van der Waals surface area contributed by atoms with Crippen LogP contribution in [0.3, 0.4) is 0 Å². The molecule has 0 aliphatic heterocycles. The maximum Gasteiger partial charge on any atom is 0.336 e. The number of rotatable bonds is 3. The molecule has 1 N–H and O–H groups in total. The molecular weight excluding hydrogens is 240 g/mol. The summed E-state index contributed by atoms with van der Waals surface area (Å²) in [6.45, 7) is 7.79. The van der Waals surface area contributed by atoms with Crippen LogP contribution in [0.1, 0.15) is 41.4 Å². The summed E-state index contributed by atoms with van der Waals surface area (Å²) in [4.78, 5) is 11.2. The number of carbonyl (C=O) groups is 1. The van der Waals surface area contributed by atoms with Gasteiger partial charge in [-0.15, -0.1) is 0 Å². The van der Waals surface area contributed by atoms with Gasteiger partial charge in [-0.2, -0.15) is 5.10 Å². The van der Waals surface area contributed by atoms with E-state index in [4.69, 9.17) is 5.11 Å². The van der Waals surface area contributed by atoms with Gasteiger partial charge >= 0.3 is 5.97 Å². The van der Waals surface area contributed by atoms with Gasteiger partial charge < -0.3 is 5.11 Å². The molecule has 2 aromatic rings. The van der Waals surface area contributed by atoms with E-state index in [0.29, 0.717) is 11.6 Å². The van der Waals surface area contributed by atoms with E-state index in [0.717, 1.165) is 22.3 Å². The monoisotopic (exact) mass is 258 g/mol. The average Bonchev–Trinajstić information content (AvgIpc) is 2.76. The third-order valence-electron chi connectivity index (χ3n) is 3.21. The van der Waals surface area contributed by atoms with Gasteiger partial charge in [0.2, 0.25) is 0 Å². The minimum absolute atomic E-state index is 0.314. The largest absolute Gasteiger partial charge is 0.478 e. The van der Waals surface area contributed by atoms with Gasteiger partial charge in [-0.05, 0) is 44.4 Å². The highest BCUT2D eigenvalue weighted by Gasteiger charge is 2.13. The molecule has 0 atom stereocenters. The Labute approximate surface area is 112 Å². The predicted octanol–water partition coefficient (Wildman–Crippen LogP) is 3.45. The first-order chi connectivity index (χ1) is 8.90. The molecule has 0 saturated heterocycles. The first-order valence-electron chi connectivity index (χ1n) is 6.29. The van der Waals surface area contributed by atoms with E-state index < -0.39 is 5.97 Å². The molecule has 0 radical (unpaired) electrons. The highest BCUT2D eigenvalue weighted by atomic mass is 16.4. The van der Waals surface area contributed by atoms with Crippen LogP contribution in [-0.4, -0.2) is 20.9 Å². The number of hydrogen-bond acceptors (Lipinski definition) is 2. The fraction of sp³-hybridized carbons (Fsp3) is 0.333. The second-order valence-corrected chi connectivity index (χ2v) is 5.09. The molecule has 0 aliphatic rings. The van der Waals surface area contributed by atoms with Crippen molar-refractivity contribution >= 4 is 5.97 Å². The summed E-state index contributed by atoms with van der Waals surface area (Å²) in [5, 5.41) is 13.5. The lowest BCUT2D eigenvalue weighted by molar-refractivity contribution is 0.0695. The summed E-state index contributed by atoms with van der Waals surface area (Å²) >= 11 is 0. The van der Waals surface area contributed by atoms with Crippen molar-refractivity contribution in [1.82, 2.24) is 9.78 Å². The van der Waals surface area contributed by atoms with Crippen LogP contribution >= 0.6 is 0 Å². The van der Waals surface area contributed by atoms with Gasteiger partial charge in [0.05, 0.1) is 11.8 Å². The van der Waals surface area contributed by atoms with Crippen LogP contribution < -0.4 is 0 Å². The molecule has 0 saturated carbocycles. The third-order valence-corrected chi connectivity index (χ3v) is 3.21. The van der Waals surface area contributed by atoms with Crippen LogP contribution in [0.4, 0.5) is 0 Å². The highest BCUT2D eigenvalue weighted by Crippen LogP contribution is 2.25. The first kappa shape index (κ1) is 13.3. The molecule has 100 valence electrons. The van der Waals surface area contributed by atoms with Crippen LogP contribution in [0.25, 0.3) is 11.1 Å². The van der Waals surface area contributed by atoms with E-state index in [-0.39, 0.29) is 0 Å². The minimum atomic E-state index is -0.876. The zero-order valence-corrected chi connectivity index (χ0v) is 11.6. The van der Waals surface area contributed by atoms with Crippen molar-refractivity contribution in [3.63, 3.8) is 0 Å². The number of carboxylic acids is 1. The maximum atomic E-state index is 11.2. The Balaban J connectivity index is 2.49. The zero-order chi connectivity index (χ0) is 14.2. The van der Waals surface area contributed by atoms with E-state index in [1.54, 1.807) is 0 Å². The predicted molar refractivity (Wildman–Crippen MR) is 74.5 cm³/mol. The lowest BCUT2D eigenvalue weighted by atomic mass is 9.97. The van der Waals surface area contributed by atoms with Crippen molar-refractivity contribution < 1.29 is 9.90 Å². The summed E-state index contributed by atoms with van der Waals surface area (Å²) in [6, 6.07) is 4.12. The van der Waals surface area contributed by atoms with Gasteiger partial charge in [-0.1, -0.05) is 12.1 Å². The van der Waals surface area contributed by atoms with Crippen molar-refractivity contribution in [3.8, 4) is 11.1 Å². The molecule has 0 amide bonds. The second-order valence-electron chi connectivity index (χ2n) is 5.09. The molecule has 0 aliphatic carbocycles. The number of hydrogen-bond donors (Lipinski definition) is 1. The molecule has 19 heavy (non-hydrogen) atoms. The Kier molecular flexibility index (Phi) is 3.42. The molecule has 4 heteroatoms. The highest BCUT2D eigenvalue weighted by molar-refractivity contribution is 5.92. The van der Waals surface area contributed by atoms with Crippen molar-refractivity contribution in [1.29, 1.82) is 0 Å². The van der Waals surface area contributed by atoms with E-state index in [9.17, 15) is 4.79 Å². The summed E-state index contributed by atoms with van der Waals surface area (Å²) in [5.41, 5.74) is 3.96. The maximum absolute atomic E-state index is 11.2. The Morgan fingerprint density at radius 3 is 2.21 bits per heavy atom. The van der Waals surface area contributed by atoms with Crippen molar-refractivity contribution in [2.75, 3.05) is 0 Å². The van der Waals surface area contributed by atoms with E-state index in [1.807, 2.05) is 43.1 Å². The van der Waals surface area contributed by atoms with E-state index in [1.165, 1.54) is 0 Å². The van der Waals surface area contributed by atoms with Crippen LogP contribution in [0.5, 0.6) is 0 Å². The smallest absolute Gasteiger partial charge is 0.336 e. The van der Waals surface area contributed by atoms with Crippen LogP contribution in [0.15, 0.2) is 24.5 Å². The summed E-state index contributed by atoms with van der Waals surface area (Å²) in [7, 11) is 0. The summed E-state index contributed by atoms with van der Waals surface area (Å²) in [6.07, 6.45) is 3.80. The summed E-state index contributed by atoms with van der Waals surface area (Å²) < 4.78 is 1.89. The molecule has 1 aromatic heterocycles. The first-order valence-corrected chi connectivity index (χ1v) is 6.29. The number of aromatic nitrogens is 2. The van der Waals surface area contributed by atoms with Gasteiger partial charge in [-0.3, -0.25) is 4.68 Å². The number of nitrogens with zero attached hydrogens (tertiary/aromatic N) is 2. The van der Waals surface area contributed by atoms with Gasteiger partial charge in [0.15, 0.2) is 0 Å². The quantitative estimate of drug-likeness (QED) is 0.917. The topological polar surface area (TPSA) is 55.1 Å². The van der Waals surface area contributed by atoms with Gasteiger partial charge in [0.1, 0.15) is 0 Å². The Morgan fingerprint density at radius 2 is 1.79 bits per heavy atom. The van der Waals surface area contributed by atoms with E-state index in [2.05, 4.69) is 18.9 Å². The number of aryl methyl sites for hydroxylation is 2. The molecule has 0 unspecified atom stereocenters. The van der Waals surface area contributed by atoms with Crippen molar-refractivity contribution in [2.45, 2.75) is 33.7 Å². The Bertz CT molecular complexity index is 604. The standard InChI is InChI=1S/C15H18N2O2/c1-9(2)17-8-13(7-16-17)12-5-10(3)14(15(18)19)11(4)6-12/h5-9H,1-4H3,(H,18,19). The average molecular weight is 258 g/mol. The SMILES string of the molecule is Cc1cc(-c2cnn(C(C)C)c2)cc(C)c1C(=O)O. The number of aromatic carboxylic acids is 1. The van der Waals surface area contributed by atoms with Crippen molar-refractivity contribution in [2.24, 2.45) is 0 Å². The van der Waals surface area contributed by atoms with Gasteiger partial charge in [-0.25, -0.2) is 4.79 Å². The number of carboxylic acid groups (broad SMARTS) is 1. The molecule has 0 bridgehead atoms. The van der Waals surface area contributed by atoms with Crippen LogP contribution in [0, 0.1) is 13.8 Å². The fourth-order valence-electron chi connectivity index (χ4n) is 2.24. The molecule has 2 rings (SSSR count). The van der Waals surface area contributed by atoms with Crippen LogP contribution in [0.2, 0.25) is 0 Å². The second kappa shape index (κ2) is 4.88. The number of benzene rings is 1. The van der Waals surface area contributed by atoms with Gasteiger partial charge in [0.25, 0.3) is 0 Å². The zero-order valence-electron chi connectivity index (χ0n) is 11.6. The molecule has 1 aromatic carbocycles.